The number of unbranched alkanes of at least 4 members (excludes halogenated alkanes) is 7. The lowest BCUT2D eigenvalue weighted by atomic mass is 10.1. The van der Waals surface area contributed by atoms with Gasteiger partial charge in [-0.05, 0) is 103 Å². The minimum absolute atomic E-state index is 0.122. The Morgan fingerprint density at radius 1 is 0.385 bits per heavy atom. The standard InChI is InChI=1S/C46H72O6/c1-4-7-10-13-16-19-21-22-23-25-27-30-33-36-39-45(48)51-42-43(41-50-44(47)38-35-32-29-26-18-15-12-9-6-3)52-46(49)40-37-34-31-28-24-20-17-14-11-8-5-2/h7-12,16-20,22-23,26,28,31,43H,4-6,13-15,21,24-25,27,29-30,32-42H2,1-3H3/b10-7-,11-8-,12-9-,19-16-,20-17-,23-22-,26-18-,31-28-. The largest absolute Gasteiger partial charge is 0.462 e. The van der Waals surface area contributed by atoms with E-state index >= 15 is 0 Å². The summed E-state index contributed by atoms with van der Waals surface area (Å²) in [6.07, 6.45) is 51.3. The van der Waals surface area contributed by atoms with E-state index in [0.29, 0.717) is 19.3 Å². The first kappa shape index (κ1) is 48.3. The van der Waals surface area contributed by atoms with Gasteiger partial charge in [0.25, 0.3) is 0 Å². The normalized spacial score (nSPS) is 13.1. The van der Waals surface area contributed by atoms with Crippen molar-refractivity contribution in [1.29, 1.82) is 0 Å². The smallest absolute Gasteiger partial charge is 0.306 e. The summed E-state index contributed by atoms with van der Waals surface area (Å²) in [5.41, 5.74) is 0. The minimum atomic E-state index is -0.823. The van der Waals surface area contributed by atoms with E-state index in [1.54, 1.807) is 0 Å². The van der Waals surface area contributed by atoms with E-state index < -0.39 is 6.10 Å². The van der Waals surface area contributed by atoms with Crippen molar-refractivity contribution in [3.8, 4) is 0 Å². The van der Waals surface area contributed by atoms with Crippen molar-refractivity contribution >= 4 is 17.9 Å². The molecule has 1 unspecified atom stereocenters. The maximum atomic E-state index is 12.6. The van der Waals surface area contributed by atoms with Crippen LogP contribution in [0.4, 0.5) is 0 Å². The second kappa shape index (κ2) is 40.1. The number of allylic oxidation sites excluding steroid dienone is 16. The molecule has 292 valence electrons. The van der Waals surface area contributed by atoms with Crippen LogP contribution in [0.1, 0.15) is 156 Å². The fraction of sp³-hybridized carbons (Fsp3) is 0.587. The lowest BCUT2D eigenvalue weighted by molar-refractivity contribution is -0.167. The number of hydrogen-bond acceptors (Lipinski definition) is 6. The van der Waals surface area contributed by atoms with E-state index in [-0.39, 0.29) is 37.5 Å². The summed E-state index contributed by atoms with van der Waals surface area (Å²) in [5.74, 6) is -1.05. The van der Waals surface area contributed by atoms with Gasteiger partial charge in [-0.25, -0.2) is 0 Å². The van der Waals surface area contributed by atoms with Crippen LogP contribution in [0.25, 0.3) is 0 Å². The summed E-state index contributed by atoms with van der Waals surface area (Å²) in [6, 6.07) is 0. The SMILES string of the molecule is CC/C=C\C/C=C\C/C=C\CCCCCCC(=O)OCC(COC(=O)CCCC/C=C\C/C=C\CC)OC(=O)CCC/C=C\C/C=C\C/C=C\CC. The van der Waals surface area contributed by atoms with Crippen LogP contribution in [0.3, 0.4) is 0 Å². The number of carbonyl (C=O) groups is 3. The van der Waals surface area contributed by atoms with Gasteiger partial charge in [-0.1, -0.05) is 131 Å². The predicted molar refractivity (Wildman–Crippen MR) is 219 cm³/mol. The quantitative estimate of drug-likeness (QED) is 0.0285. The fourth-order valence-corrected chi connectivity index (χ4v) is 4.87. The van der Waals surface area contributed by atoms with E-state index in [2.05, 4.69) is 118 Å². The maximum absolute atomic E-state index is 12.6. The van der Waals surface area contributed by atoms with Crippen LogP contribution in [0.15, 0.2) is 97.2 Å². The Labute approximate surface area is 317 Å². The van der Waals surface area contributed by atoms with Crippen molar-refractivity contribution in [2.45, 2.75) is 162 Å². The Bertz CT molecular complexity index is 1100. The average Bonchev–Trinajstić information content (AvgIpc) is 3.14. The third-order valence-corrected chi connectivity index (χ3v) is 7.81. The van der Waals surface area contributed by atoms with Crippen molar-refractivity contribution < 1.29 is 28.6 Å². The zero-order valence-electron chi connectivity index (χ0n) is 33.0. The molecule has 0 aromatic heterocycles. The molecule has 0 saturated heterocycles. The summed E-state index contributed by atoms with van der Waals surface area (Å²) in [6.45, 7) is 6.13. The van der Waals surface area contributed by atoms with Crippen molar-refractivity contribution in [3.05, 3.63) is 97.2 Å². The van der Waals surface area contributed by atoms with Crippen LogP contribution >= 0.6 is 0 Å². The molecule has 0 aliphatic heterocycles. The van der Waals surface area contributed by atoms with Gasteiger partial charge in [-0.2, -0.15) is 0 Å². The molecular weight excluding hydrogens is 648 g/mol. The molecule has 52 heavy (non-hydrogen) atoms. The first-order chi connectivity index (χ1) is 25.5. The molecule has 0 amide bonds. The molecular formula is C46H72O6. The molecule has 0 fully saturated rings. The molecule has 0 heterocycles. The summed E-state index contributed by atoms with van der Waals surface area (Å²) >= 11 is 0. The van der Waals surface area contributed by atoms with Crippen LogP contribution in [0, 0.1) is 0 Å². The molecule has 0 saturated carbocycles. The molecule has 6 nitrogen and oxygen atoms in total. The molecule has 0 aromatic carbocycles. The lowest BCUT2D eigenvalue weighted by Crippen LogP contribution is -2.30. The van der Waals surface area contributed by atoms with Gasteiger partial charge < -0.3 is 14.2 Å². The van der Waals surface area contributed by atoms with Gasteiger partial charge in [0.15, 0.2) is 6.10 Å². The van der Waals surface area contributed by atoms with E-state index in [1.807, 2.05) is 0 Å². The molecule has 0 aromatic rings. The lowest BCUT2D eigenvalue weighted by Gasteiger charge is -2.18. The number of rotatable bonds is 34. The number of hydrogen-bond donors (Lipinski definition) is 0. The minimum Gasteiger partial charge on any atom is -0.462 e. The average molecular weight is 721 g/mol. The second-order valence-corrected chi connectivity index (χ2v) is 12.7. The van der Waals surface area contributed by atoms with Crippen molar-refractivity contribution in [2.75, 3.05) is 13.2 Å². The number of carbonyl (C=O) groups excluding carboxylic acids is 3. The zero-order valence-corrected chi connectivity index (χ0v) is 33.0. The highest BCUT2D eigenvalue weighted by molar-refractivity contribution is 5.71. The number of esters is 3. The van der Waals surface area contributed by atoms with Crippen LogP contribution in [0.5, 0.6) is 0 Å². The summed E-state index contributed by atoms with van der Waals surface area (Å²) in [4.78, 5) is 37.5. The Morgan fingerprint density at radius 2 is 0.712 bits per heavy atom. The summed E-state index contributed by atoms with van der Waals surface area (Å²) < 4.78 is 16.5. The van der Waals surface area contributed by atoms with Crippen LogP contribution in [-0.2, 0) is 28.6 Å². The van der Waals surface area contributed by atoms with E-state index in [1.165, 1.54) is 0 Å². The molecule has 0 N–H and O–H groups in total. The predicted octanol–water partition coefficient (Wildman–Crippen LogP) is 12.7. The Kier molecular flexibility index (Phi) is 37.3. The topological polar surface area (TPSA) is 78.9 Å². The number of ether oxygens (including phenoxy) is 3. The molecule has 1 atom stereocenters. The molecule has 0 aliphatic carbocycles. The third kappa shape index (κ3) is 37.6. The van der Waals surface area contributed by atoms with Crippen LogP contribution in [0.2, 0.25) is 0 Å². The summed E-state index contributed by atoms with van der Waals surface area (Å²) in [5, 5.41) is 0. The third-order valence-electron chi connectivity index (χ3n) is 7.81. The highest BCUT2D eigenvalue weighted by Gasteiger charge is 2.19. The van der Waals surface area contributed by atoms with Gasteiger partial charge in [0.1, 0.15) is 13.2 Å². The van der Waals surface area contributed by atoms with Crippen molar-refractivity contribution in [1.82, 2.24) is 0 Å². The Hall–Kier alpha value is -3.67. The van der Waals surface area contributed by atoms with E-state index in [0.717, 1.165) is 109 Å². The first-order valence-corrected chi connectivity index (χ1v) is 20.2. The van der Waals surface area contributed by atoms with Gasteiger partial charge in [0.05, 0.1) is 0 Å². The molecule has 6 heteroatoms. The van der Waals surface area contributed by atoms with Crippen LogP contribution < -0.4 is 0 Å². The monoisotopic (exact) mass is 721 g/mol. The molecule has 0 rings (SSSR count). The van der Waals surface area contributed by atoms with Gasteiger partial charge >= 0.3 is 17.9 Å². The molecule has 0 aliphatic rings. The van der Waals surface area contributed by atoms with Gasteiger partial charge in [-0.3, -0.25) is 14.4 Å². The van der Waals surface area contributed by atoms with Gasteiger partial charge in [0.2, 0.25) is 0 Å². The van der Waals surface area contributed by atoms with Crippen molar-refractivity contribution in [3.63, 3.8) is 0 Å². The molecule has 0 spiro atoms. The highest BCUT2D eigenvalue weighted by Crippen LogP contribution is 2.10. The Morgan fingerprint density at radius 3 is 1.15 bits per heavy atom. The highest BCUT2D eigenvalue weighted by atomic mass is 16.6. The second-order valence-electron chi connectivity index (χ2n) is 12.7. The zero-order chi connectivity index (χ0) is 38.0. The van der Waals surface area contributed by atoms with Gasteiger partial charge in [-0.15, -0.1) is 0 Å². The fourth-order valence-electron chi connectivity index (χ4n) is 4.87. The first-order valence-electron chi connectivity index (χ1n) is 20.2. The molecule has 0 bridgehead atoms. The maximum Gasteiger partial charge on any atom is 0.306 e. The van der Waals surface area contributed by atoms with Gasteiger partial charge in [0, 0.05) is 19.3 Å². The van der Waals surface area contributed by atoms with Crippen molar-refractivity contribution in [2.24, 2.45) is 0 Å². The van der Waals surface area contributed by atoms with E-state index in [9.17, 15) is 14.4 Å². The summed E-state index contributed by atoms with van der Waals surface area (Å²) in [7, 11) is 0. The van der Waals surface area contributed by atoms with Crippen LogP contribution in [-0.4, -0.2) is 37.2 Å². The van der Waals surface area contributed by atoms with E-state index in [4.69, 9.17) is 14.2 Å². The molecule has 0 radical (unpaired) electrons. The Balaban J connectivity index is 4.53.